The second kappa shape index (κ2) is 3.74. The minimum Gasteiger partial charge on any atom is -0.329 e. The summed E-state index contributed by atoms with van der Waals surface area (Å²) in [5.74, 6) is 0. The average molecular weight is 140 g/mol. The van der Waals surface area contributed by atoms with Crippen molar-refractivity contribution in [2.75, 3.05) is 19.6 Å². The minimum atomic E-state index is 0.623. The normalized spacial score (nSPS) is 27.1. The molecule has 0 aromatic carbocycles. The first-order valence-corrected chi connectivity index (χ1v) is 3.93. The van der Waals surface area contributed by atoms with Gasteiger partial charge >= 0.3 is 0 Å². The summed E-state index contributed by atoms with van der Waals surface area (Å²) >= 11 is 0. The largest absolute Gasteiger partial charge is 0.329 e. The van der Waals surface area contributed by atoms with E-state index in [1.54, 1.807) is 0 Å². The van der Waals surface area contributed by atoms with Crippen LogP contribution < -0.4 is 5.73 Å². The lowest BCUT2D eigenvalue weighted by Crippen LogP contribution is -2.35. The number of nitrogens with zero attached hydrogens (tertiary/aromatic N) is 1. The maximum absolute atomic E-state index is 5.58. The van der Waals surface area contributed by atoms with E-state index in [4.69, 9.17) is 5.73 Å². The van der Waals surface area contributed by atoms with Gasteiger partial charge in [-0.1, -0.05) is 6.08 Å². The lowest BCUT2D eigenvalue weighted by molar-refractivity contribution is 0.286. The Morgan fingerprint density at radius 3 is 3.10 bits per heavy atom. The molecule has 2 N–H and O–H groups in total. The Morgan fingerprint density at radius 1 is 1.70 bits per heavy atom. The fourth-order valence-electron chi connectivity index (χ4n) is 1.57. The summed E-state index contributed by atoms with van der Waals surface area (Å²) in [7, 11) is 0. The van der Waals surface area contributed by atoms with Crippen molar-refractivity contribution in [1.29, 1.82) is 0 Å². The summed E-state index contributed by atoms with van der Waals surface area (Å²) in [5.41, 5.74) is 5.58. The Balaban J connectivity index is 2.34. The zero-order valence-corrected chi connectivity index (χ0v) is 6.42. The number of likely N-dealkylation sites (tertiary alicyclic amines) is 1. The summed E-state index contributed by atoms with van der Waals surface area (Å²) in [4.78, 5) is 2.40. The highest BCUT2D eigenvalue weighted by Gasteiger charge is 2.20. The van der Waals surface area contributed by atoms with Gasteiger partial charge in [0.05, 0.1) is 0 Å². The topological polar surface area (TPSA) is 29.3 Å². The van der Waals surface area contributed by atoms with Crippen molar-refractivity contribution in [1.82, 2.24) is 4.90 Å². The first-order valence-electron chi connectivity index (χ1n) is 3.93. The molecular formula is C8H16N2. The van der Waals surface area contributed by atoms with Crippen LogP contribution in [-0.2, 0) is 0 Å². The molecule has 1 saturated heterocycles. The molecule has 0 aromatic rings. The quantitative estimate of drug-likeness (QED) is 0.581. The molecule has 0 saturated carbocycles. The number of hydrogen-bond acceptors (Lipinski definition) is 2. The van der Waals surface area contributed by atoms with E-state index in [0.29, 0.717) is 6.04 Å². The fourth-order valence-corrected chi connectivity index (χ4v) is 1.57. The van der Waals surface area contributed by atoms with Gasteiger partial charge in [-0.15, -0.1) is 6.58 Å². The summed E-state index contributed by atoms with van der Waals surface area (Å²) in [6, 6.07) is 0.623. The van der Waals surface area contributed by atoms with Crippen LogP contribution in [0.1, 0.15) is 12.8 Å². The van der Waals surface area contributed by atoms with E-state index in [9.17, 15) is 0 Å². The van der Waals surface area contributed by atoms with E-state index < -0.39 is 0 Å². The molecule has 0 amide bonds. The van der Waals surface area contributed by atoms with E-state index in [1.165, 1.54) is 19.4 Å². The molecule has 1 atom stereocenters. The van der Waals surface area contributed by atoms with Crippen molar-refractivity contribution in [2.45, 2.75) is 18.9 Å². The minimum absolute atomic E-state index is 0.623. The van der Waals surface area contributed by atoms with Crippen molar-refractivity contribution in [3.63, 3.8) is 0 Å². The highest BCUT2D eigenvalue weighted by molar-refractivity contribution is 4.84. The molecule has 2 heteroatoms. The summed E-state index contributed by atoms with van der Waals surface area (Å²) < 4.78 is 0. The molecule has 2 nitrogen and oxygen atoms in total. The standard InChI is InChI=1S/C8H16N2/c1-2-5-10-6-3-4-8(10)7-9/h2,8H,1,3-7,9H2. The molecule has 1 aliphatic rings. The van der Waals surface area contributed by atoms with E-state index in [2.05, 4.69) is 11.5 Å². The zero-order chi connectivity index (χ0) is 7.40. The highest BCUT2D eigenvalue weighted by atomic mass is 15.2. The van der Waals surface area contributed by atoms with Gasteiger partial charge in [-0.3, -0.25) is 4.90 Å². The van der Waals surface area contributed by atoms with E-state index >= 15 is 0 Å². The van der Waals surface area contributed by atoms with Crippen molar-refractivity contribution in [3.8, 4) is 0 Å². The predicted octanol–water partition coefficient (Wildman–Crippen LogP) is 0.596. The third-order valence-electron chi connectivity index (χ3n) is 2.13. The molecule has 1 fully saturated rings. The molecule has 0 aromatic heterocycles. The Bertz CT molecular complexity index is 112. The molecule has 10 heavy (non-hydrogen) atoms. The number of hydrogen-bond donors (Lipinski definition) is 1. The Labute approximate surface area is 62.7 Å². The molecule has 1 heterocycles. The predicted molar refractivity (Wildman–Crippen MR) is 43.8 cm³/mol. The summed E-state index contributed by atoms with van der Waals surface area (Å²) in [6.07, 6.45) is 4.52. The van der Waals surface area contributed by atoms with Crippen molar-refractivity contribution >= 4 is 0 Å². The van der Waals surface area contributed by atoms with Gasteiger partial charge in [0.2, 0.25) is 0 Å². The van der Waals surface area contributed by atoms with Gasteiger partial charge < -0.3 is 5.73 Å². The van der Waals surface area contributed by atoms with E-state index in [0.717, 1.165) is 13.1 Å². The first kappa shape index (κ1) is 7.76. The molecule has 1 unspecified atom stereocenters. The molecule has 58 valence electrons. The highest BCUT2D eigenvalue weighted by Crippen LogP contribution is 2.14. The van der Waals surface area contributed by atoms with Crippen LogP contribution in [0.5, 0.6) is 0 Å². The van der Waals surface area contributed by atoms with Crippen LogP contribution in [0.3, 0.4) is 0 Å². The monoisotopic (exact) mass is 140 g/mol. The lowest BCUT2D eigenvalue weighted by Gasteiger charge is -2.20. The molecule has 1 rings (SSSR count). The molecule has 0 radical (unpaired) electrons. The van der Waals surface area contributed by atoms with Gasteiger partial charge in [0, 0.05) is 19.1 Å². The number of rotatable bonds is 3. The average Bonchev–Trinajstić information content (AvgIpc) is 2.36. The Morgan fingerprint density at radius 2 is 2.50 bits per heavy atom. The van der Waals surface area contributed by atoms with E-state index in [1.807, 2.05) is 6.08 Å². The number of nitrogens with two attached hydrogens (primary N) is 1. The molecule has 0 bridgehead atoms. The maximum Gasteiger partial charge on any atom is 0.0222 e. The summed E-state index contributed by atoms with van der Waals surface area (Å²) in [5, 5.41) is 0. The fraction of sp³-hybridized carbons (Fsp3) is 0.750. The summed E-state index contributed by atoms with van der Waals surface area (Å²) in [6.45, 7) is 6.71. The van der Waals surface area contributed by atoms with Crippen LogP contribution in [0.2, 0.25) is 0 Å². The molecule has 0 aliphatic carbocycles. The SMILES string of the molecule is C=CCN1CCCC1CN. The second-order valence-corrected chi connectivity index (χ2v) is 2.82. The van der Waals surface area contributed by atoms with Crippen LogP contribution >= 0.6 is 0 Å². The van der Waals surface area contributed by atoms with Crippen LogP contribution in [0.4, 0.5) is 0 Å². The van der Waals surface area contributed by atoms with Gasteiger partial charge in [-0.05, 0) is 19.4 Å². The van der Waals surface area contributed by atoms with Gasteiger partial charge in [0.25, 0.3) is 0 Å². The molecule has 0 spiro atoms. The Kier molecular flexibility index (Phi) is 2.90. The van der Waals surface area contributed by atoms with E-state index in [-0.39, 0.29) is 0 Å². The van der Waals surface area contributed by atoms with Crippen molar-refractivity contribution in [2.24, 2.45) is 5.73 Å². The first-order chi connectivity index (χ1) is 4.88. The van der Waals surface area contributed by atoms with Crippen LogP contribution in [0.15, 0.2) is 12.7 Å². The molecular weight excluding hydrogens is 124 g/mol. The van der Waals surface area contributed by atoms with Crippen molar-refractivity contribution < 1.29 is 0 Å². The zero-order valence-electron chi connectivity index (χ0n) is 6.42. The Hall–Kier alpha value is -0.340. The van der Waals surface area contributed by atoms with Crippen LogP contribution in [0.25, 0.3) is 0 Å². The van der Waals surface area contributed by atoms with Gasteiger partial charge in [0.15, 0.2) is 0 Å². The third-order valence-corrected chi connectivity index (χ3v) is 2.13. The maximum atomic E-state index is 5.58. The molecule has 1 aliphatic heterocycles. The van der Waals surface area contributed by atoms with Gasteiger partial charge in [-0.25, -0.2) is 0 Å². The van der Waals surface area contributed by atoms with Crippen LogP contribution in [-0.4, -0.2) is 30.6 Å². The smallest absolute Gasteiger partial charge is 0.0222 e. The lowest BCUT2D eigenvalue weighted by atomic mass is 10.2. The van der Waals surface area contributed by atoms with Gasteiger partial charge in [-0.2, -0.15) is 0 Å². The van der Waals surface area contributed by atoms with Crippen molar-refractivity contribution in [3.05, 3.63) is 12.7 Å². The van der Waals surface area contributed by atoms with Crippen LogP contribution in [0, 0.1) is 0 Å². The third kappa shape index (κ3) is 1.58. The second-order valence-electron chi connectivity index (χ2n) is 2.82. The van der Waals surface area contributed by atoms with Gasteiger partial charge in [0.1, 0.15) is 0 Å².